The van der Waals surface area contributed by atoms with Gasteiger partial charge in [-0.3, -0.25) is 14.4 Å². The number of carbonyl (C=O) groups excluding carboxylic acids is 3. The van der Waals surface area contributed by atoms with E-state index < -0.39 is 5.91 Å². The molecule has 32 heavy (non-hydrogen) atoms. The van der Waals surface area contributed by atoms with Crippen molar-refractivity contribution in [2.24, 2.45) is 9.98 Å². The minimum Gasteiger partial charge on any atom is -0.348 e. The number of allylic oxidation sites excluding steroid dienone is 1. The van der Waals surface area contributed by atoms with E-state index in [1.54, 1.807) is 42.5 Å². The Labute approximate surface area is 192 Å². The standard InChI is InChI=1S/C24H15Cl2N3O3/c25-17-8-5-14(6-9-17)22(30)12-21-24(32)29-20-11-15(7-10-19(20)28-21)23(31)27-13-16-3-1-2-4-18(16)26/h1-12H,13H2,(H,27,31)/b21-12-. The van der Waals surface area contributed by atoms with E-state index in [1.807, 2.05) is 18.2 Å². The summed E-state index contributed by atoms with van der Waals surface area (Å²) in [6.45, 7) is 0.260. The SMILES string of the molecule is O=C1N=c2cc(C(=O)NCc3ccccc3Cl)ccc2=N/C1=C\C(=O)c1ccc(Cl)cc1. The van der Waals surface area contributed by atoms with Gasteiger partial charge in [0.05, 0.1) is 10.7 Å². The van der Waals surface area contributed by atoms with E-state index in [4.69, 9.17) is 23.2 Å². The van der Waals surface area contributed by atoms with Crippen molar-refractivity contribution < 1.29 is 14.4 Å². The van der Waals surface area contributed by atoms with Crippen molar-refractivity contribution in [3.05, 3.63) is 116 Å². The summed E-state index contributed by atoms with van der Waals surface area (Å²) in [5, 5.41) is 4.50. The Morgan fingerprint density at radius 2 is 1.59 bits per heavy atom. The quantitative estimate of drug-likeness (QED) is 0.464. The van der Waals surface area contributed by atoms with E-state index in [0.29, 0.717) is 26.5 Å². The predicted octanol–water partition coefficient (Wildman–Crippen LogP) is 3.47. The number of ketones is 1. The van der Waals surface area contributed by atoms with Crippen LogP contribution < -0.4 is 16.0 Å². The third kappa shape index (κ3) is 4.82. The van der Waals surface area contributed by atoms with Gasteiger partial charge in [0.1, 0.15) is 5.70 Å². The molecule has 3 aromatic rings. The number of benzene rings is 3. The van der Waals surface area contributed by atoms with Crippen LogP contribution in [0.25, 0.3) is 0 Å². The Bertz CT molecular complexity index is 1400. The van der Waals surface area contributed by atoms with Gasteiger partial charge in [-0.25, -0.2) is 9.98 Å². The zero-order chi connectivity index (χ0) is 22.7. The molecule has 0 radical (unpaired) electrons. The molecule has 0 bridgehead atoms. The van der Waals surface area contributed by atoms with Crippen molar-refractivity contribution in [1.29, 1.82) is 0 Å². The molecule has 0 atom stereocenters. The normalized spacial score (nSPS) is 13.7. The maximum Gasteiger partial charge on any atom is 0.296 e. The highest BCUT2D eigenvalue weighted by Crippen LogP contribution is 2.15. The molecule has 0 saturated heterocycles. The van der Waals surface area contributed by atoms with Crippen LogP contribution in [0.5, 0.6) is 0 Å². The molecular weight excluding hydrogens is 449 g/mol. The zero-order valence-corrected chi connectivity index (χ0v) is 18.0. The molecule has 158 valence electrons. The molecule has 1 aliphatic rings. The molecule has 0 unspecified atom stereocenters. The van der Waals surface area contributed by atoms with Crippen molar-refractivity contribution in [1.82, 2.24) is 5.32 Å². The Kier molecular flexibility index (Phi) is 6.25. The van der Waals surface area contributed by atoms with Crippen LogP contribution in [0.3, 0.4) is 0 Å². The second-order valence-electron chi connectivity index (χ2n) is 6.91. The first-order valence-corrected chi connectivity index (χ1v) is 10.3. The summed E-state index contributed by atoms with van der Waals surface area (Å²) in [5.74, 6) is -1.38. The molecule has 1 N–H and O–H groups in total. The van der Waals surface area contributed by atoms with Crippen LogP contribution in [0.15, 0.2) is 88.5 Å². The van der Waals surface area contributed by atoms with Gasteiger partial charge in [0.2, 0.25) is 0 Å². The summed E-state index contributed by atoms with van der Waals surface area (Å²) in [7, 11) is 0. The molecule has 0 fully saturated rings. The lowest BCUT2D eigenvalue weighted by atomic mass is 10.1. The Morgan fingerprint density at radius 3 is 2.34 bits per heavy atom. The fourth-order valence-electron chi connectivity index (χ4n) is 3.03. The van der Waals surface area contributed by atoms with Crippen molar-refractivity contribution in [2.75, 3.05) is 0 Å². The van der Waals surface area contributed by atoms with Crippen LogP contribution in [-0.4, -0.2) is 17.6 Å². The Morgan fingerprint density at radius 1 is 0.875 bits per heavy atom. The molecule has 6 nitrogen and oxygen atoms in total. The van der Waals surface area contributed by atoms with Gasteiger partial charge in [-0.15, -0.1) is 0 Å². The first-order chi connectivity index (χ1) is 15.4. The molecule has 2 amide bonds. The maximum atomic E-state index is 12.5. The third-order valence-electron chi connectivity index (χ3n) is 4.71. The summed E-state index contributed by atoms with van der Waals surface area (Å²) in [5.41, 5.74) is 1.41. The number of amides is 2. The molecule has 0 spiro atoms. The third-order valence-corrected chi connectivity index (χ3v) is 5.33. The lowest BCUT2D eigenvalue weighted by Gasteiger charge is -2.08. The van der Waals surface area contributed by atoms with E-state index in [9.17, 15) is 14.4 Å². The van der Waals surface area contributed by atoms with Gasteiger partial charge in [-0.05, 0) is 54.1 Å². The van der Waals surface area contributed by atoms with Crippen LogP contribution in [0, 0.1) is 0 Å². The molecule has 0 aromatic heterocycles. The van der Waals surface area contributed by atoms with Crippen molar-refractivity contribution >= 4 is 40.8 Å². The van der Waals surface area contributed by atoms with Gasteiger partial charge in [0.25, 0.3) is 11.8 Å². The van der Waals surface area contributed by atoms with Gasteiger partial charge < -0.3 is 5.32 Å². The molecule has 0 saturated carbocycles. The highest BCUT2D eigenvalue weighted by molar-refractivity contribution is 6.31. The van der Waals surface area contributed by atoms with E-state index >= 15 is 0 Å². The van der Waals surface area contributed by atoms with E-state index in [0.717, 1.165) is 11.6 Å². The minimum atomic E-state index is -0.659. The van der Waals surface area contributed by atoms with Crippen molar-refractivity contribution in [2.45, 2.75) is 6.54 Å². The Balaban J connectivity index is 1.55. The summed E-state index contributed by atoms with van der Waals surface area (Å²) in [6, 6.07) is 18.2. The average molecular weight is 464 g/mol. The molecular formula is C24H15Cl2N3O3. The highest BCUT2D eigenvalue weighted by Gasteiger charge is 2.16. The number of hydrogen-bond acceptors (Lipinski definition) is 4. The van der Waals surface area contributed by atoms with Gasteiger partial charge in [0, 0.05) is 33.8 Å². The first-order valence-electron chi connectivity index (χ1n) is 9.56. The summed E-state index contributed by atoms with van der Waals surface area (Å²) < 4.78 is 0. The second kappa shape index (κ2) is 9.26. The highest BCUT2D eigenvalue weighted by atomic mass is 35.5. The second-order valence-corrected chi connectivity index (χ2v) is 7.75. The smallest absolute Gasteiger partial charge is 0.296 e. The summed E-state index contributed by atoms with van der Waals surface area (Å²) >= 11 is 11.9. The number of hydrogen-bond donors (Lipinski definition) is 1. The summed E-state index contributed by atoms with van der Waals surface area (Å²) in [6.07, 6.45) is 1.14. The number of nitrogens with zero attached hydrogens (tertiary/aromatic N) is 2. The fraction of sp³-hybridized carbons (Fsp3) is 0.0417. The van der Waals surface area contributed by atoms with Crippen LogP contribution in [0.4, 0.5) is 0 Å². The number of halogens is 2. The fourth-order valence-corrected chi connectivity index (χ4v) is 3.36. The number of rotatable bonds is 5. The molecule has 1 heterocycles. The summed E-state index contributed by atoms with van der Waals surface area (Å²) in [4.78, 5) is 45.5. The van der Waals surface area contributed by atoms with Gasteiger partial charge in [-0.1, -0.05) is 41.4 Å². The first kappa shape index (κ1) is 21.6. The largest absolute Gasteiger partial charge is 0.348 e. The van der Waals surface area contributed by atoms with Gasteiger partial charge in [0.15, 0.2) is 5.78 Å². The number of nitrogens with one attached hydrogen (secondary N) is 1. The molecule has 3 aromatic carbocycles. The van der Waals surface area contributed by atoms with E-state index in [2.05, 4.69) is 15.3 Å². The lowest BCUT2D eigenvalue weighted by Crippen LogP contribution is -2.33. The van der Waals surface area contributed by atoms with Gasteiger partial charge >= 0.3 is 0 Å². The monoisotopic (exact) mass is 463 g/mol. The number of fused-ring (bicyclic) bond motifs is 1. The molecule has 0 aliphatic carbocycles. The van der Waals surface area contributed by atoms with Crippen LogP contribution in [0.1, 0.15) is 26.3 Å². The van der Waals surface area contributed by atoms with Crippen molar-refractivity contribution in [3.63, 3.8) is 0 Å². The van der Waals surface area contributed by atoms with Crippen LogP contribution >= 0.6 is 23.2 Å². The minimum absolute atomic E-state index is 0.0756. The molecule has 8 heteroatoms. The van der Waals surface area contributed by atoms with Gasteiger partial charge in [-0.2, -0.15) is 0 Å². The van der Waals surface area contributed by atoms with E-state index in [-0.39, 0.29) is 29.3 Å². The lowest BCUT2D eigenvalue weighted by molar-refractivity contribution is -0.114. The average Bonchev–Trinajstić information content (AvgIpc) is 2.79. The van der Waals surface area contributed by atoms with Crippen LogP contribution in [-0.2, 0) is 11.3 Å². The topological polar surface area (TPSA) is 88.0 Å². The number of carbonyl (C=O) groups is 3. The maximum absolute atomic E-state index is 12.5. The van der Waals surface area contributed by atoms with E-state index in [1.165, 1.54) is 6.07 Å². The Hall–Kier alpha value is -3.61. The van der Waals surface area contributed by atoms with Crippen molar-refractivity contribution in [3.8, 4) is 0 Å². The van der Waals surface area contributed by atoms with Crippen LogP contribution in [0.2, 0.25) is 10.0 Å². The predicted molar refractivity (Wildman–Crippen MR) is 120 cm³/mol. The molecule has 1 aliphatic heterocycles. The molecule has 4 rings (SSSR count). The zero-order valence-electron chi connectivity index (χ0n) is 16.5.